The van der Waals surface area contributed by atoms with Gasteiger partial charge in [-0.1, -0.05) is 35.9 Å². The Bertz CT molecular complexity index is 1640. The molecule has 2 aliphatic rings. The maximum Gasteiger partial charge on any atom is 0.326 e. The standard InChI is InChI=1S/C36H42ClN3O7/c1-22-25(26-10-7-13-32(23(26)2)47-18-8-15-39-17-14-24(41)21-39)9-6-11-27(22)34(42)38-30-20-33(46-3)28(19-29(30)37)35(43)40-16-5-4-12-31(40)36(44)45/h6-7,9-11,13,19-20,24,31,41H,4-5,8,12,14-18,21H2,1-3H3,(H,38,42)(H,44,45)/t24-,31+/m1/s1. The fourth-order valence-electron chi connectivity index (χ4n) is 6.48. The molecule has 250 valence electrons. The highest BCUT2D eigenvalue weighted by atomic mass is 35.5. The fraction of sp³-hybridized carbons (Fsp3) is 0.417. The number of hydrogen-bond acceptors (Lipinski definition) is 7. The minimum absolute atomic E-state index is 0.127. The Morgan fingerprint density at radius 1 is 0.957 bits per heavy atom. The first-order valence-corrected chi connectivity index (χ1v) is 16.4. The van der Waals surface area contributed by atoms with Gasteiger partial charge in [0.15, 0.2) is 0 Å². The van der Waals surface area contributed by atoms with Crippen LogP contribution < -0.4 is 14.8 Å². The molecule has 3 aromatic carbocycles. The van der Waals surface area contributed by atoms with Gasteiger partial charge in [0.05, 0.1) is 36.1 Å². The van der Waals surface area contributed by atoms with E-state index in [0.717, 1.165) is 66.9 Å². The molecule has 0 saturated carbocycles. The van der Waals surface area contributed by atoms with E-state index in [1.807, 2.05) is 44.2 Å². The number of anilines is 1. The molecule has 0 unspecified atom stereocenters. The van der Waals surface area contributed by atoms with Crippen LogP contribution in [0.2, 0.25) is 5.02 Å². The average Bonchev–Trinajstić information content (AvgIpc) is 3.49. The van der Waals surface area contributed by atoms with Gasteiger partial charge in [0.1, 0.15) is 17.5 Å². The Balaban J connectivity index is 1.31. The van der Waals surface area contributed by atoms with E-state index in [2.05, 4.69) is 10.2 Å². The molecule has 0 aromatic heterocycles. The van der Waals surface area contributed by atoms with Gasteiger partial charge in [-0.15, -0.1) is 0 Å². The number of piperidine rings is 1. The molecule has 47 heavy (non-hydrogen) atoms. The van der Waals surface area contributed by atoms with Gasteiger partial charge in [-0.2, -0.15) is 0 Å². The predicted octanol–water partition coefficient (Wildman–Crippen LogP) is 5.80. The van der Waals surface area contributed by atoms with Crippen molar-refractivity contribution in [2.45, 2.75) is 58.1 Å². The molecule has 0 radical (unpaired) electrons. The van der Waals surface area contributed by atoms with Crippen LogP contribution in [0.25, 0.3) is 11.1 Å². The molecule has 0 spiro atoms. The summed E-state index contributed by atoms with van der Waals surface area (Å²) in [6.07, 6.45) is 3.27. The van der Waals surface area contributed by atoms with Crippen molar-refractivity contribution in [3.05, 3.63) is 75.8 Å². The van der Waals surface area contributed by atoms with Crippen LogP contribution in [0, 0.1) is 13.8 Å². The Morgan fingerprint density at radius 2 is 1.70 bits per heavy atom. The second-order valence-electron chi connectivity index (χ2n) is 12.2. The van der Waals surface area contributed by atoms with E-state index >= 15 is 0 Å². The molecule has 3 N–H and O–H groups in total. The predicted molar refractivity (Wildman–Crippen MR) is 181 cm³/mol. The van der Waals surface area contributed by atoms with Crippen molar-refractivity contribution >= 4 is 35.1 Å². The normalized spacial score (nSPS) is 18.2. The zero-order valence-corrected chi connectivity index (χ0v) is 27.8. The first-order chi connectivity index (χ1) is 22.6. The lowest BCUT2D eigenvalue weighted by Crippen LogP contribution is -2.48. The van der Waals surface area contributed by atoms with Crippen molar-refractivity contribution in [3.8, 4) is 22.6 Å². The van der Waals surface area contributed by atoms with Crippen LogP contribution in [0.15, 0.2) is 48.5 Å². The van der Waals surface area contributed by atoms with Crippen LogP contribution in [0.5, 0.6) is 11.5 Å². The summed E-state index contributed by atoms with van der Waals surface area (Å²) in [5, 5.41) is 22.4. The highest BCUT2D eigenvalue weighted by Crippen LogP contribution is 2.36. The monoisotopic (exact) mass is 663 g/mol. The molecular formula is C36H42ClN3O7. The van der Waals surface area contributed by atoms with Crippen molar-refractivity contribution < 1.29 is 34.1 Å². The van der Waals surface area contributed by atoms with Crippen LogP contribution in [0.4, 0.5) is 5.69 Å². The molecule has 3 aromatic rings. The van der Waals surface area contributed by atoms with Gasteiger partial charge < -0.3 is 34.8 Å². The number of benzene rings is 3. The van der Waals surface area contributed by atoms with Crippen molar-refractivity contribution in [3.63, 3.8) is 0 Å². The lowest BCUT2D eigenvalue weighted by Gasteiger charge is -2.33. The number of ether oxygens (including phenoxy) is 2. The van der Waals surface area contributed by atoms with Gasteiger partial charge in [-0.25, -0.2) is 4.79 Å². The fourth-order valence-corrected chi connectivity index (χ4v) is 6.69. The van der Waals surface area contributed by atoms with E-state index in [-0.39, 0.29) is 34.0 Å². The first-order valence-electron chi connectivity index (χ1n) is 16.0. The summed E-state index contributed by atoms with van der Waals surface area (Å²) < 4.78 is 11.6. The number of aliphatic hydroxyl groups is 1. The van der Waals surface area contributed by atoms with Crippen LogP contribution in [-0.4, -0.2) is 89.8 Å². The molecule has 10 nitrogen and oxygen atoms in total. The number of carboxylic acid groups (broad SMARTS) is 1. The van der Waals surface area contributed by atoms with Crippen LogP contribution in [0.3, 0.4) is 0 Å². The third-order valence-electron chi connectivity index (χ3n) is 9.09. The minimum atomic E-state index is -1.05. The van der Waals surface area contributed by atoms with Crippen molar-refractivity contribution in [1.29, 1.82) is 0 Å². The molecule has 2 aliphatic heterocycles. The summed E-state index contributed by atoms with van der Waals surface area (Å²) >= 11 is 6.59. The Morgan fingerprint density at radius 3 is 2.40 bits per heavy atom. The van der Waals surface area contributed by atoms with Gasteiger partial charge in [0.25, 0.3) is 11.8 Å². The van der Waals surface area contributed by atoms with Gasteiger partial charge in [-0.05, 0) is 86.4 Å². The van der Waals surface area contributed by atoms with E-state index < -0.39 is 17.9 Å². The van der Waals surface area contributed by atoms with E-state index in [4.69, 9.17) is 21.1 Å². The summed E-state index contributed by atoms with van der Waals surface area (Å²) in [6.45, 7) is 7.29. The van der Waals surface area contributed by atoms with Gasteiger partial charge in [0.2, 0.25) is 0 Å². The second-order valence-corrected chi connectivity index (χ2v) is 12.6. The molecule has 2 fully saturated rings. The highest BCUT2D eigenvalue weighted by molar-refractivity contribution is 6.34. The first kappa shape index (κ1) is 34.2. The molecule has 2 heterocycles. The number of carboxylic acids is 1. The summed E-state index contributed by atoms with van der Waals surface area (Å²) in [4.78, 5) is 42.4. The summed E-state index contributed by atoms with van der Waals surface area (Å²) in [7, 11) is 1.41. The molecule has 2 amide bonds. The molecule has 5 rings (SSSR count). The van der Waals surface area contributed by atoms with E-state index in [1.165, 1.54) is 24.1 Å². The third-order valence-corrected chi connectivity index (χ3v) is 9.41. The summed E-state index contributed by atoms with van der Waals surface area (Å²) in [5.74, 6) is -0.947. The number of nitrogens with zero attached hydrogens (tertiary/aromatic N) is 2. The number of nitrogens with one attached hydrogen (secondary N) is 1. The van der Waals surface area contributed by atoms with Crippen molar-refractivity contribution in [1.82, 2.24) is 9.80 Å². The zero-order valence-electron chi connectivity index (χ0n) is 27.1. The number of amides is 2. The smallest absolute Gasteiger partial charge is 0.326 e. The molecule has 2 saturated heterocycles. The topological polar surface area (TPSA) is 129 Å². The number of aliphatic carboxylic acids is 1. The third kappa shape index (κ3) is 7.72. The van der Waals surface area contributed by atoms with E-state index in [0.29, 0.717) is 31.6 Å². The second kappa shape index (κ2) is 15.2. The lowest BCUT2D eigenvalue weighted by molar-refractivity contribution is -0.143. The largest absolute Gasteiger partial charge is 0.496 e. The average molecular weight is 664 g/mol. The number of methoxy groups -OCH3 is 1. The number of carbonyl (C=O) groups is 3. The summed E-state index contributed by atoms with van der Waals surface area (Å²) in [5.41, 5.74) is 4.44. The van der Waals surface area contributed by atoms with Crippen LogP contribution in [0.1, 0.15) is 63.9 Å². The van der Waals surface area contributed by atoms with Crippen molar-refractivity contribution in [2.24, 2.45) is 0 Å². The van der Waals surface area contributed by atoms with E-state index in [9.17, 15) is 24.6 Å². The molecule has 11 heteroatoms. The quantitative estimate of drug-likeness (QED) is 0.220. The van der Waals surface area contributed by atoms with Gasteiger partial charge in [0, 0.05) is 37.8 Å². The number of β-amino-alcohol motifs (C(OH)–C–C–N with tert-alkyl or cyclic N) is 1. The zero-order chi connectivity index (χ0) is 33.7. The molecule has 0 aliphatic carbocycles. The summed E-state index contributed by atoms with van der Waals surface area (Å²) in [6, 6.07) is 13.4. The molecule has 0 bridgehead atoms. The molecule has 2 atom stereocenters. The Labute approximate surface area is 280 Å². The van der Waals surface area contributed by atoms with Crippen LogP contribution >= 0.6 is 11.6 Å². The Kier molecular flexibility index (Phi) is 11.1. The number of aliphatic hydroxyl groups excluding tert-OH is 1. The maximum absolute atomic E-state index is 13.6. The number of likely N-dealkylation sites (tertiary alicyclic amines) is 2. The van der Waals surface area contributed by atoms with Gasteiger partial charge >= 0.3 is 5.97 Å². The highest BCUT2D eigenvalue weighted by Gasteiger charge is 2.34. The van der Waals surface area contributed by atoms with E-state index in [1.54, 1.807) is 6.07 Å². The SMILES string of the molecule is COc1cc(NC(=O)c2cccc(-c3cccc(OCCCN4CC[C@@H](O)C4)c3C)c2C)c(Cl)cc1C(=O)N1CCCC[C@H]1C(=O)O. The number of carbonyl (C=O) groups excluding carboxylic acids is 2. The van der Waals surface area contributed by atoms with Crippen molar-refractivity contribution in [2.75, 3.05) is 45.2 Å². The minimum Gasteiger partial charge on any atom is -0.496 e. The van der Waals surface area contributed by atoms with Crippen LogP contribution in [-0.2, 0) is 4.79 Å². The number of halogens is 1. The molecular weight excluding hydrogens is 622 g/mol. The lowest BCUT2D eigenvalue weighted by atomic mass is 9.93. The number of rotatable bonds is 11. The van der Waals surface area contributed by atoms with Gasteiger partial charge in [-0.3, -0.25) is 9.59 Å². The maximum atomic E-state index is 13.6. The Hall–Kier alpha value is -4.12. The number of hydrogen-bond donors (Lipinski definition) is 3.